The maximum absolute atomic E-state index is 12.5. The van der Waals surface area contributed by atoms with Crippen LogP contribution >= 0.6 is 11.6 Å². The topological polar surface area (TPSA) is 38.9 Å². The highest BCUT2D eigenvalue weighted by atomic mass is 35.5. The monoisotopic (exact) mass is 174 g/mol. The summed E-state index contributed by atoms with van der Waals surface area (Å²) in [5.74, 6) is -0.415. The Bertz CT molecular complexity index is 263. The normalized spacial score (nSPS) is 13.1. The van der Waals surface area contributed by atoms with Crippen molar-refractivity contribution in [2.24, 2.45) is 5.73 Å². The van der Waals surface area contributed by atoms with Gasteiger partial charge in [0.15, 0.2) is 0 Å². The zero-order valence-electron chi connectivity index (χ0n) is 6.01. The Hall–Kier alpha value is -0.670. The highest BCUT2D eigenvalue weighted by Gasteiger charge is 2.06. The van der Waals surface area contributed by atoms with E-state index in [1.165, 1.54) is 6.07 Å². The maximum Gasteiger partial charge on any atom is 0.141 e. The van der Waals surface area contributed by atoms with Crippen molar-refractivity contribution in [2.45, 2.75) is 13.0 Å². The van der Waals surface area contributed by atoms with Gasteiger partial charge in [-0.2, -0.15) is 0 Å². The van der Waals surface area contributed by atoms with Crippen molar-refractivity contribution in [2.75, 3.05) is 0 Å². The molecule has 1 heterocycles. The SMILES string of the molecule is CC(N)c1cc(F)cnc1Cl. The number of rotatable bonds is 1. The molecule has 0 bridgehead atoms. The van der Waals surface area contributed by atoms with E-state index in [9.17, 15) is 4.39 Å². The van der Waals surface area contributed by atoms with E-state index in [1.54, 1.807) is 6.92 Å². The van der Waals surface area contributed by atoms with Crippen LogP contribution in [0.15, 0.2) is 12.3 Å². The summed E-state index contributed by atoms with van der Waals surface area (Å²) < 4.78 is 12.5. The van der Waals surface area contributed by atoms with E-state index in [-0.39, 0.29) is 11.2 Å². The summed E-state index contributed by atoms with van der Waals surface area (Å²) >= 11 is 5.63. The van der Waals surface area contributed by atoms with Gasteiger partial charge in [0.1, 0.15) is 11.0 Å². The van der Waals surface area contributed by atoms with E-state index in [0.717, 1.165) is 6.20 Å². The largest absolute Gasteiger partial charge is 0.324 e. The lowest BCUT2D eigenvalue weighted by Gasteiger charge is -2.05. The summed E-state index contributed by atoms with van der Waals surface area (Å²) in [6, 6.07) is 1.01. The minimum atomic E-state index is -0.415. The van der Waals surface area contributed by atoms with Gasteiger partial charge in [-0.3, -0.25) is 0 Å². The molecule has 11 heavy (non-hydrogen) atoms. The molecule has 1 aromatic heterocycles. The second kappa shape index (κ2) is 3.15. The Kier molecular flexibility index (Phi) is 2.42. The summed E-state index contributed by atoms with van der Waals surface area (Å²) in [5.41, 5.74) is 6.03. The predicted octanol–water partition coefficient (Wildman–Crippen LogP) is 1.89. The van der Waals surface area contributed by atoms with Gasteiger partial charge in [0.25, 0.3) is 0 Å². The molecule has 4 heteroatoms. The van der Waals surface area contributed by atoms with E-state index >= 15 is 0 Å². The van der Waals surface area contributed by atoms with Crippen LogP contribution < -0.4 is 5.73 Å². The highest BCUT2D eigenvalue weighted by Crippen LogP contribution is 2.18. The molecule has 0 amide bonds. The van der Waals surface area contributed by atoms with Crippen molar-refractivity contribution in [1.29, 1.82) is 0 Å². The van der Waals surface area contributed by atoms with E-state index in [1.807, 2.05) is 0 Å². The highest BCUT2D eigenvalue weighted by molar-refractivity contribution is 6.30. The van der Waals surface area contributed by atoms with E-state index in [0.29, 0.717) is 5.56 Å². The fourth-order valence-corrected chi connectivity index (χ4v) is 1.03. The zero-order chi connectivity index (χ0) is 8.43. The molecule has 1 unspecified atom stereocenters. The molecular weight excluding hydrogens is 167 g/mol. The molecule has 0 saturated heterocycles. The van der Waals surface area contributed by atoms with Crippen LogP contribution in [0.1, 0.15) is 18.5 Å². The van der Waals surface area contributed by atoms with Crippen LogP contribution in [0.2, 0.25) is 5.15 Å². The fourth-order valence-electron chi connectivity index (χ4n) is 0.758. The number of halogens is 2. The fraction of sp³-hybridized carbons (Fsp3) is 0.286. The maximum atomic E-state index is 12.5. The van der Waals surface area contributed by atoms with E-state index < -0.39 is 5.82 Å². The van der Waals surface area contributed by atoms with Crippen molar-refractivity contribution < 1.29 is 4.39 Å². The molecule has 0 spiro atoms. The van der Waals surface area contributed by atoms with Crippen LogP contribution in [0.3, 0.4) is 0 Å². The zero-order valence-corrected chi connectivity index (χ0v) is 6.77. The Morgan fingerprint density at radius 1 is 1.73 bits per heavy atom. The molecule has 0 saturated carbocycles. The second-order valence-electron chi connectivity index (χ2n) is 2.32. The van der Waals surface area contributed by atoms with Gasteiger partial charge >= 0.3 is 0 Å². The average molecular weight is 175 g/mol. The first-order valence-corrected chi connectivity index (χ1v) is 3.55. The smallest absolute Gasteiger partial charge is 0.141 e. The van der Waals surface area contributed by atoms with Gasteiger partial charge in [0.2, 0.25) is 0 Å². The summed E-state index contributed by atoms with van der Waals surface area (Å²) in [4.78, 5) is 3.61. The van der Waals surface area contributed by atoms with Gasteiger partial charge < -0.3 is 5.73 Å². The van der Waals surface area contributed by atoms with Crippen LogP contribution in [0.5, 0.6) is 0 Å². The van der Waals surface area contributed by atoms with Crippen molar-refractivity contribution in [3.05, 3.63) is 28.8 Å². The number of nitrogens with two attached hydrogens (primary N) is 1. The minimum absolute atomic E-state index is 0.265. The Morgan fingerprint density at radius 2 is 2.36 bits per heavy atom. The summed E-state index contributed by atoms with van der Waals surface area (Å²) in [5, 5.41) is 0.265. The Morgan fingerprint density at radius 3 is 2.82 bits per heavy atom. The molecule has 0 aliphatic heterocycles. The van der Waals surface area contributed by atoms with E-state index in [2.05, 4.69) is 4.98 Å². The molecule has 0 aliphatic carbocycles. The van der Waals surface area contributed by atoms with Gasteiger partial charge in [-0.05, 0) is 13.0 Å². The van der Waals surface area contributed by atoms with Gasteiger partial charge in [-0.25, -0.2) is 9.37 Å². The molecule has 1 atom stereocenters. The van der Waals surface area contributed by atoms with Gasteiger partial charge in [0.05, 0.1) is 6.20 Å². The number of hydrogen-bond acceptors (Lipinski definition) is 2. The predicted molar refractivity (Wildman–Crippen MR) is 41.8 cm³/mol. The lowest BCUT2D eigenvalue weighted by atomic mass is 10.1. The molecular formula is C7H8ClFN2. The first-order valence-electron chi connectivity index (χ1n) is 3.18. The third kappa shape index (κ3) is 1.88. The van der Waals surface area contributed by atoms with Crippen molar-refractivity contribution in [3.63, 3.8) is 0 Å². The lowest BCUT2D eigenvalue weighted by molar-refractivity contribution is 0.615. The Balaban J connectivity index is 3.13. The second-order valence-corrected chi connectivity index (χ2v) is 2.68. The number of nitrogens with zero attached hydrogens (tertiary/aromatic N) is 1. The van der Waals surface area contributed by atoms with Gasteiger partial charge in [0, 0.05) is 11.6 Å². The third-order valence-electron chi connectivity index (χ3n) is 1.32. The summed E-state index contributed by atoms with van der Waals surface area (Å²) in [6.07, 6.45) is 1.06. The molecule has 0 fully saturated rings. The van der Waals surface area contributed by atoms with Crippen LogP contribution in [0.4, 0.5) is 4.39 Å². The first kappa shape index (κ1) is 8.43. The van der Waals surface area contributed by atoms with Crippen molar-refractivity contribution in [3.8, 4) is 0 Å². The van der Waals surface area contributed by atoms with Crippen LogP contribution in [0, 0.1) is 5.82 Å². The quantitative estimate of drug-likeness (QED) is 0.661. The number of aromatic nitrogens is 1. The van der Waals surface area contributed by atoms with Crippen molar-refractivity contribution in [1.82, 2.24) is 4.98 Å². The average Bonchev–Trinajstić information content (AvgIpc) is 1.94. The third-order valence-corrected chi connectivity index (χ3v) is 1.64. The molecule has 60 valence electrons. The minimum Gasteiger partial charge on any atom is -0.324 e. The number of hydrogen-bond donors (Lipinski definition) is 1. The molecule has 0 aromatic carbocycles. The summed E-state index contributed by atoms with van der Waals surface area (Å²) in [7, 11) is 0. The first-order chi connectivity index (χ1) is 5.11. The molecule has 2 N–H and O–H groups in total. The van der Waals surface area contributed by atoms with Crippen molar-refractivity contribution >= 4 is 11.6 Å². The molecule has 1 rings (SSSR count). The Labute approximate surface area is 69.2 Å². The molecule has 0 aliphatic rings. The lowest BCUT2D eigenvalue weighted by Crippen LogP contribution is -2.06. The van der Waals surface area contributed by atoms with E-state index in [4.69, 9.17) is 17.3 Å². The molecule has 1 aromatic rings. The van der Waals surface area contributed by atoms with Crippen LogP contribution in [0.25, 0.3) is 0 Å². The molecule has 0 radical (unpaired) electrons. The number of pyridine rings is 1. The van der Waals surface area contributed by atoms with Gasteiger partial charge in [-0.1, -0.05) is 11.6 Å². The van der Waals surface area contributed by atoms with Crippen LogP contribution in [-0.4, -0.2) is 4.98 Å². The molecule has 2 nitrogen and oxygen atoms in total. The van der Waals surface area contributed by atoms with Gasteiger partial charge in [-0.15, -0.1) is 0 Å². The standard InChI is InChI=1S/C7H8ClFN2/c1-4(10)6-2-5(9)3-11-7(6)8/h2-4H,10H2,1H3. The van der Waals surface area contributed by atoms with Crippen LogP contribution in [-0.2, 0) is 0 Å². The summed E-state index contributed by atoms with van der Waals surface area (Å²) in [6.45, 7) is 1.72.